The number of carbonyl (C=O) groups is 1. The van der Waals surface area contributed by atoms with Crippen molar-refractivity contribution in [1.29, 1.82) is 0 Å². The molecule has 8 heteroatoms. The zero-order valence-electron chi connectivity index (χ0n) is 18.5. The van der Waals surface area contributed by atoms with Gasteiger partial charge in [0.25, 0.3) is 5.56 Å². The average molecular weight is 450 g/mol. The first kappa shape index (κ1) is 21.5. The number of nitrogens with zero attached hydrogens (tertiary/aromatic N) is 2. The number of pyridine rings is 1. The summed E-state index contributed by atoms with van der Waals surface area (Å²) in [5.74, 6) is 0.577. The Labute approximate surface area is 190 Å². The molecule has 4 heterocycles. The standard InChI is InChI=1S/C25H27N3O5/c1-15-19-6-5-18(29)10-22(19)33-25(32)20(15)11-23(30)26-7-8-27-12-16-9-17(14-27)21-3-2-4-24(31)28(21)13-16/h2-6,10,16-17,29H,7-9,11-14H2,1H3,(H,26,30). The van der Waals surface area contributed by atoms with Crippen molar-refractivity contribution in [3.05, 3.63) is 74.0 Å². The highest BCUT2D eigenvalue weighted by atomic mass is 16.4. The van der Waals surface area contributed by atoms with Crippen molar-refractivity contribution in [2.75, 3.05) is 26.2 Å². The second-order valence-corrected chi connectivity index (χ2v) is 9.16. The minimum absolute atomic E-state index is 0.0212. The largest absolute Gasteiger partial charge is 0.508 e. The number of hydrogen-bond acceptors (Lipinski definition) is 6. The number of carbonyl (C=O) groups excluding carboxylic acids is 1. The first-order chi connectivity index (χ1) is 15.9. The van der Waals surface area contributed by atoms with Crippen molar-refractivity contribution in [1.82, 2.24) is 14.8 Å². The van der Waals surface area contributed by atoms with Crippen LogP contribution in [0.3, 0.4) is 0 Å². The number of rotatable bonds is 5. The predicted octanol–water partition coefficient (Wildman–Crippen LogP) is 1.75. The lowest BCUT2D eigenvalue weighted by atomic mass is 9.83. The number of amides is 1. The summed E-state index contributed by atoms with van der Waals surface area (Å²) in [6, 6.07) is 10.1. The summed E-state index contributed by atoms with van der Waals surface area (Å²) >= 11 is 0. The Hall–Kier alpha value is -3.39. The van der Waals surface area contributed by atoms with E-state index in [9.17, 15) is 19.5 Å². The molecule has 2 aliphatic heterocycles. The molecule has 2 aliphatic rings. The number of aryl methyl sites for hydroxylation is 1. The van der Waals surface area contributed by atoms with Gasteiger partial charge in [0, 0.05) is 61.9 Å². The summed E-state index contributed by atoms with van der Waals surface area (Å²) in [6.45, 7) is 5.53. The van der Waals surface area contributed by atoms with Crippen LogP contribution in [0.1, 0.15) is 29.2 Å². The van der Waals surface area contributed by atoms with Crippen molar-refractivity contribution in [2.24, 2.45) is 5.92 Å². The molecule has 0 spiro atoms. The molecule has 1 amide bonds. The molecule has 8 nitrogen and oxygen atoms in total. The van der Waals surface area contributed by atoms with Gasteiger partial charge in [-0.05, 0) is 43.0 Å². The number of hydrogen-bond donors (Lipinski definition) is 2. The van der Waals surface area contributed by atoms with E-state index in [0.717, 1.165) is 38.3 Å². The zero-order valence-corrected chi connectivity index (χ0v) is 18.5. The number of likely N-dealkylation sites (tertiary alicyclic amines) is 1. The lowest BCUT2D eigenvalue weighted by molar-refractivity contribution is -0.120. The fraction of sp³-hybridized carbons (Fsp3) is 0.400. The third kappa shape index (κ3) is 4.18. The molecule has 5 rings (SSSR count). The Morgan fingerprint density at radius 1 is 1.18 bits per heavy atom. The first-order valence-corrected chi connectivity index (χ1v) is 11.3. The normalized spacial score (nSPS) is 19.9. The molecular formula is C25H27N3O5. The van der Waals surface area contributed by atoms with Crippen LogP contribution < -0.4 is 16.5 Å². The van der Waals surface area contributed by atoms with E-state index in [4.69, 9.17) is 4.42 Å². The maximum absolute atomic E-state index is 12.6. The topological polar surface area (TPSA) is 105 Å². The van der Waals surface area contributed by atoms with Crippen LogP contribution in [-0.2, 0) is 17.8 Å². The van der Waals surface area contributed by atoms with Gasteiger partial charge in [-0.2, -0.15) is 0 Å². The van der Waals surface area contributed by atoms with E-state index in [0.29, 0.717) is 40.5 Å². The van der Waals surface area contributed by atoms with Crippen LogP contribution in [0.15, 0.2) is 50.4 Å². The van der Waals surface area contributed by atoms with Gasteiger partial charge in [0.2, 0.25) is 5.91 Å². The van der Waals surface area contributed by atoms with Gasteiger partial charge in [0.1, 0.15) is 11.3 Å². The first-order valence-electron chi connectivity index (χ1n) is 11.3. The maximum Gasteiger partial charge on any atom is 0.340 e. The summed E-state index contributed by atoms with van der Waals surface area (Å²) in [4.78, 5) is 39.5. The molecule has 1 aromatic carbocycles. The highest BCUT2D eigenvalue weighted by molar-refractivity contribution is 5.85. The third-order valence-electron chi connectivity index (χ3n) is 6.91. The number of nitrogens with one attached hydrogen (secondary N) is 1. The number of aromatic hydroxyl groups is 1. The number of benzene rings is 1. The average Bonchev–Trinajstić information content (AvgIpc) is 2.77. The summed E-state index contributed by atoms with van der Waals surface area (Å²) in [7, 11) is 0. The summed E-state index contributed by atoms with van der Waals surface area (Å²) in [5.41, 5.74) is 1.96. The van der Waals surface area contributed by atoms with Crippen molar-refractivity contribution in [3.63, 3.8) is 0 Å². The molecule has 33 heavy (non-hydrogen) atoms. The molecule has 1 fully saturated rings. The van der Waals surface area contributed by atoms with Crippen molar-refractivity contribution in [2.45, 2.75) is 32.2 Å². The van der Waals surface area contributed by atoms with Gasteiger partial charge in [-0.15, -0.1) is 0 Å². The quantitative estimate of drug-likeness (QED) is 0.575. The van der Waals surface area contributed by atoms with E-state index in [2.05, 4.69) is 10.2 Å². The smallest absolute Gasteiger partial charge is 0.340 e. The lowest BCUT2D eigenvalue weighted by Crippen LogP contribution is -2.48. The van der Waals surface area contributed by atoms with E-state index in [1.807, 2.05) is 16.7 Å². The number of piperidine rings is 1. The molecule has 0 radical (unpaired) electrons. The second kappa shape index (κ2) is 8.51. The van der Waals surface area contributed by atoms with Crippen LogP contribution in [0, 0.1) is 12.8 Å². The van der Waals surface area contributed by atoms with Crippen molar-refractivity contribution < 1.29 is 14.3 Å². The van der Waals surface area contributed by atoms with Gasteiger partial charge in [0.15, 0.2) is 0 Å². The van der Waals surface area contributed by atoms with Crippen LogP contribution in [-0.4, -0.2) is 46.7 Å². The fourth-order valence-corrected chi connectivity index (χ4v) is 5.34. The molecule has 2 N–H and O–H groups in total. The molecule has 1 saturated heterocycles. The summed E-state index contributed by atoms with van der Waals surface area (Å²) in [6.07, 6.45) is 1.05. The minimum Gasteiger partial charge on any atom is -0.508 e. The van der Waals surface area contributed by atoms with Crippen LogP contribution in [0.25, 0.3) is 11.0 Å². The summed E-state index contributed by atoms with van der Waals surface area (Å²) < 4.78 is 7.22. The van der Waals surface area contributed by atoms with Crippen LogP contribution in [0.2, 0.25) is 0 Å². The van der Waals surface area contributed by atoms with Crippen LogP contribution in [0.5, 0.6) is 5.75 Å². The van der Waals surface area contributed by atoms with Gasteiger partial charge in [-0.1, -0.05) is 6.07 Å². The Morgan fingerprint density at radius 3 is 2.88 bits per heavy atom. The molecule has 3 aromatic rings. The zero-order chi connectivity index (χ0) is 23.1. The summed E-state index contributed by atoms with van der Waals surface area (Å²) in [5, 5.41) is 13.2. The van der Waals surface area contributed by atoms with Gasteiger partial charge in [0.05, 0.1) is 12.0 Å². The number of aromatic nitrogens is 1. The maximum atomic E-state index is 12.6. The molecule has 0 saturated carbocycles. The Kier molecular flexibility index (Phi) is 5.54. The third-order valence-corrected chi connectivity index (χ3v) is 6.91. The second-order valence-electron chi connectivity index (χ2n) is 9.16. The van der Waals surface area contributed by atoms with E-state index in [1.54, 1.807) is 19.1 Å². The molecule has 2 unspecified atom stereocenters. The van der Waals surface area contributed by atoms with E-state index >= 15 is 0 Å². The molecule has 2 aromatic heterocycles. The highest BCUT2D eigenvalue weighted by Gasteiger charge is 2.34. The van der Waals surface area contributed by atoms with Crippen molar-refractivity contribution >= 4 is 16.9 Å². The number of phenolic OH excluding ortho intramolecular Hbond substituents is 1. The lowest BCUT2D eigenvalue weighted by Gasteiger charge is -2.42. The Balaban J connectivity index is 1.20. The monoisotopic (exact) mass is 449 g/mol. The van der Waals surface area contributed by atoms with Gasteiger partial charge in [-0.3, -0.25) is 9.59 Å². The van der Waals surface area contributed by atoms with Crippen molar-refractivity contribution in [3.8, 4) is 5.75 Å². The molecular weight excluding hydrogens is 422 g/mol. The highest BCUT2D eigenvalue weighted by Crippen LogP contribution is 2.34. The van der Waals surface area contributed by atoms with Gasteiger partial charge < -0.3 is 24.3 Å². The molecule has 0 aliphatic carbocycles. The fourth-order valence-electron chi connectivity index (χ4n) is 5.34. The Morgan fingerprint density at radius 2 is 2.03 bits per heavy atom. The molecule has 172 valence electrons. The van der Waals surface area contributed by atoms with E-state index in [1.165, 1.54) is 12.1 Å². The van der Waals surface area contributed by atoms with E-state index in [-0.39, 0.29) is 23.6 Å². The number of phenols is 1. The SMILES string of the molecule is Cc1c(CC(=O)NCCN2CC3CC(C2)c2cccc(=O)n2C3)c(=O)oc2cc(O)ccc12. The van der Waals surface area contributed by atoms with Crippen LogP contribution >= 0.6 is 0 Å². The Bertz CT molecular complexity index is 1340. The molecule has 2 atom stereocenters. The van der Waals surface area contributed by atoms with E-state index < -0.39 is 5.63 Å². The minimum atomic E-state index is -0.557. The van der Waals surface area contributed by atoms with Gasteiger partial charge >= 0.3 is 5.63 Å². The number of fused-ring (bicyclic) bond motifs is 5. The molecule has 2 bridgehead atoms. The van der Waals surface area contributed by atoms with Crippen LogP contribution in [0.4, 0.5) is 0 Å². The predicted molar refractivity (Wildman–Crippen MR) is 124 cm³/mol. The van der Waals surface area contributed by atoms with Gasteiger partial charge in [-0.25, -0.2) is 4.79 Å².